The molecule has 5 nitrogen and oxygen atoms in total. The van der Waals surface area contributed by atoms with Gasteiger partial charge in [-0.15, -0.1) is 0 Å². The zero-order valence-electron chi connectivity index (χ0n) is 15.4. The van der Waals surface area contributed by atoms with Gasteiger partial charge < -0.3 is 15.4 Å². The molecule has 0 saturated carbocycles. The van der Waals surface area contributed by atoms with Crippen molar-refractivity contribution < 1.29 is 27.5 Å². The molecule has 1 aromatic carbocycles. The molecule has 1 aliphatic rings. The van der Waals surface area contributed by atoms with Crippen LogP contribution in [0.1, 0.15) is 36.8 Å². The first-order valence-electron chi connectivity index (χ1n) is 8.96. The van der Waals surface area contributed by atoms with Crippen molar-refractivity contribution >= 4 is 11.8 Å². The van der Waals surface area contributed by atoms with E-state index in [1.54, 1.807) is 0 Å². The lowest BCUT2D eigenvalue weighted by Gasteiger charge is -2.16. The van der Waals surface area contributed by atoms with Crippen LogP contribution in [-0.4, -0.2) is 43.8 Å². The number of carbonyl (C=O) groups is 2. The zero-order valence-corrected chi connectivity index (χ0v) is 15.4. The minimum Gasteiger partial charge on any atom is -0.376 e. The van der Waals surface area contributed by atoms with Gasteiger partial charge >= 0.3 is 6.18 Å². The maximum atomic E-state index is 12.3. The van der Waals surface area contributed by atoms with E-state index in [4.69, 9.17) is 4.74 Å². The molecule has 1 aromatic rings. The number of halogens is 3. The summed E-state index contributed by atoms with van der Waals surface area (Å²) in [5.74, 6) is -1.38. The number of ether oxygens (including phenoxy) is 1. The van der Waals surface area contributed by atoms with Crippen LogP contribution in [-0.2, 0) is 14.3 Å². The largest absolute Gasteiger partial charge is 0.390 e. The van der Waals surface area contributed by atoms with E-state index in [1.165, 1.54) is 0 Å². The third-order valence-corrected chi connectivity index (χ3v) is 4.60. The maximum absolute atomic E-state index is 12.3. The average Bonchev–Trinajstić information content (AvgIpc) is 3.07. The Kier molecular flexibility index (Phi) is 7.24. The van der Waals surface area contributed by atoms with Crippen molar-refractivity contribution in [2.75, 3.05) is 19.7 Å². The Morgan fingerprint density at radius 3 is 2.70 bits per heavy atom. The van der Waals surface area contributed by atoms with E-state index in [2.05, 4.69) is 10.6 Å². The van der Waals surface area contributed by atoms with Crippen molar-refractivity contribution in [3.05, 3.63) is 35.4 Å². The average molecular weight is 386 g/mol. The number of hydrogen-bond acceptors (Lipinski definition) is 3. The second kappa shape index (κ2) is 9.21. The Bertz CT molecular complexity index is 664. The lowest BCUT2D eigenvalue weighted by atomic mass is 9.98. The summed E-state index contributed by atoms with van der Waals surface area (Å²) in [6, 6.07) is 7.71. The first-order valence-corrected chi connectivity index (χ1v) is 8.96. The Labute approximate surface area is 156 Å². The van der Waals surface area contributed by atoms with Crippen LogP contribution in [0, 0.1) is 12.8 Å². The van der Waals surface area contributed by atoms with Gasteiger partial charge in [-0.25, -0.2) is 0 Å². The number of alkyl halides is 3. The second-order valence-electron chi connectivity index (χ2n) is 6.93. The number of nitrogens with one attached hydrogen (secondary N) is 2. The van der Waals surface area contributed by atoms with Gasteiger partial charge in [0.25, 0.3) is 0 Å². The molecule has 0 spiro atoms. The highest BCUT2D eigenvalue weighted by atomic mass is 19.4. The molecule has 8 heteroatoms. The Morgan fingerprint density at radius 1 is 1.30 bits per heavy atom. The van der Waals surface area contributed by atoms with E-state index in [-0.39, 0.29) is 31.1 Å². The smallest absolute Gasteiger partial charge is 0.376 e. The summed E-state index contributed by atoms with van der Waals surface area (Å²) in [5.41, 5.74) is 1.99. The van der Waals surface area contributed by atoms with Crippen LogP contribution in [0.2, 0.25) is 0 Å². The SMILES string of the molecule is Cc1cccc(C(C)C(=O)NC[C@@H]2C[C@H](C(=O)NCCC(F)(F)F)CO2)c1. The van der Waals surface area contributed by atoms with E-state index in [1.807, 2.05) is 38.1 Å². The highest BCUT2D eigenvalue weighted by Crippen LogP contribution is 2.22. The predicted octanol–water partition coefficient (Wildman–Crippen LogP) is 2.69. The summed E-state index contributed by atoms with van der Waals surface area (Å²) >= 11 is 0. The molecule has 1 fully saturated rings. The number of amides is 2. The molecule has 27 heavy (non-hydrogen) atoms. The van der Waals surface area contributed by atoms with Gasteiger partial charge in [0.2, 0.25) is 11.8 Å². The van der Waals surface area contributed by atoms with Crippen molar-refractivity contribution in [2.45, 2.75) is 44.9 Å². The Morgan fingerprint density at radius 2 is 2.04 bits per heavy atom. The minimum atomic E-state index is -4.29. The Balaban J connectivity index is 1.73. The fraction of sp³-hybridized carbons (Fsp3) is 0.579. The summed E-state index contributed by atoms with van der Waals surface area (Å²) in [4.78, 5) is 24.2. The van der Waals surface area contributed by atoms with Gasteiger partial charge in [0.15, 0.2) is 0 Å². The van der Waals surface area contributed by atoms with Crippen LogP contribution in [0.5, 0.6) is 0 Å². The number of carbonyl (C=O) groups excluding carboxylic acids is 2. The summed E-state index contributed by atoms with van der Waals surface area (Å²) < 4.78 is 41.8. The van der Waals surface area contributed by atoms with Gasteiger partial charge in [-0.1, -0.05) is 29.8 Å². The van der Waals surface area contributed by atoms with Crippen molar-refractivity contribution in [3.63, 3.8) is 0 Å². The Hall–Kier alpha value is -2.09. The van der Waals surface area contributed by atoms with Gasteiger partial charge in [-0.2, -0.15) is 13.2 Å². The number of benzene rings is 1. The van der Waals surface area contributed by atoms with Gasteiger partial charge in [0.1, 0.15) is 0 Å². The fourth-order valence-electron chi connectivity index (χ4n) is 2.96. The summed E-state index contributed by atoms with van der Waals surface area (Å²) in [6.07, 6.45) is -5.29. The van der Waals surface area contributed by atoms with Crippen LogP contribution in [0.3, 0.4) is 0 Å². The van der Waals surface area contributed by atoms with E-state index < -0.39 is 31.0 Å². The molecule has 0 bridgehead atoms. The highest BCUT2D eigenvalue weighted by Gasteiger charge is 2.32. The molecule has 2 N–H and O–H groups in total. The molecular formula is C19H25F3N2O3. The van der Waals surface area contributed by atoms with Crippen LogP contribution in [0.25, 0.3) is 0 Å². The maximum Gasteiger partial charge on any atom is 0.390 e. The van der Waals surface area contributed by atoms with Crippen molar-refractivity contribution in [1.29, 1.82) is 0 Å². The molecule has 0 aliphatic carbocycles. The van der Waals surface area contributed by atoms with Crippen molar-refractivity contribution in [3.8, 4) is 0 Å². The highest BCUT2D eigenvalue weighted by molar-refractivity contribution is 5.83. The summed E-state index contributed by atoms with van der Waals surface area (Å²) in [5, 5.41) is 5.11. The van der Waals surface area contributed by atoms with Crippen molar-refractivity contribution in [1.82, 2.24) is 10.6 Å². The molecule has 150 valence electrons. The minimum absolute atomic E-state index is 0.137. The normalized spacial score (nSPS) is 20.9. The predicted molar refractivity (Wildman–Crippen MR) is 94.1 cm³/mol. The first kappa shape index (κ1) is 21.2. The lowest BCUT2D eigenvalue weighted by molar-refractivity contribution is -0.136. The molecule has 2 amide bonds. The molecule has 0 radical (unpaired) electrons. The quantitative estimate of drug-likeness (QED) is 0.757. The lowest BCUT2D eigenvalue weighted by Crippen LogP contribution is -2.35. The third-order valence-electron chi connectivity index (χ3n) is 4.60. The number of rotatable bonds is 7. The van der Waals surface area contributed by atoms with Gasteiger partial charge in [-0.3, -0.25) is 9.59 Å². The molecule has 1 unspecified atom stereocenters. The van der Waals surface area contributed by atoms with E-state index in [0.717, 1.165) is 11.1 Å². The summed E-state index contributed by atoms with van der Waals surface area (Å²) in [6.45, 7) is 3.75. The van der Waals surface area contributed by atoms with Crippen LogP contribution < -0.4 is 10.6 Å². The molecule has 1 aliphatic heterocycles. The van der Waals surface area contributed by atoms with Crippen LogP contribution in [0.4, 0.5) is 13.2 Å². The third kappa shape index (κ3) is 6.86. The second-order valence-corrected chi connectivity index (χ2v) is 6.93. The molecular weight excluding hydrogens is 361 g/mol. The molecule has 1 heterocycles. The molecule has 0 aromatic heterocycles. The van der Waals surface area contributed by atoms with E-state index in [9.17, 15) is 22.8 Å². The monoisotopic (exact) mass is 386 g/mol. The molecule has 2 rings (SSSR count). The van der Waals surface area contributed by atoms with Crippen LogP contribution in [0.15, 0.2) is 24.3 Å². The topological polar surface area (TPSA) is 67.4 Å². The standard InChI is InChI=1S/C19H25F3N2O3/c1-12-4-3-5-14(8-12)13(2)17(25)24-10-16-9-15(11-27-16)18(26)23-7-6-19(20,21)22/h3-5,8,13,15-16H,6-7,9-11H2,1-2H3,(H,23,26)(H,24,25)/t13?,15-,16-/m0/s1. The van der Waals surface area contributed by atoms with Crippen LogP contribution >= 0.6 is 0 Å². The zero-order chi connectivity index (χ0) is 20.0. The van der Waals surface area contributed by atoms with Crippen molar-refractivity contribution in [2.24, 2.45) is 5.92 Å². The fourth-order valence-corrected chi connectivity index (χ4v) is 2.96. The molecule has 1 saturated heterocycles. The first-order chi connectivity index (χ1) is 12.7. The number of aryl methyl sites for hydroxylation is 1. The number of hydrogen-bond donors (Lipinski definition) is 2. The summed E-state index contributed by atoms with van der Waals surface area (Å²) in [7, 11) is 0. The van der Waals surface area contributed by atoms with Gasteiger partial charge in [0.05, 0.1) is 31.0 Å². The van der Waals surface area contributed by atoms with E-state index in [0.29, 0.717) is 6.42 Å². The van der Waals surface area contributed by atoms with E-state index >= 15 is 0 Å². The van der Waals surface area contributed by atoms with Gasteiger partial charge in [0, 0.05) is 13.1 Å². The molecule has 3 atom stereocenters. The van der Waals surface area contributed by atoms with Gasteiger partial charge in [-0.05, 0) is 25.8 Å².